The molecule has 3 rings (SSSR count). The predicted molar refractivity (Wildman–Crippen MR) is 100 cm³/mol. The van der Waals surface area contributed by atoms with E-state index in [4.69, 9.17) is 9.26 Å². The smallest absolute Gasteiger partial charge is 0.227 e. The van der Waals surface area contributed by atoms with E-state index < -0.39 is 0 Å². The van der Waals surface area contributed by atoms with Gasteiger partial charge in [-0.25, -0.2) is 0 Å². The van der Waals surface area contributed by atoms with Crippen LogP contribution in [0.4, 0.5) is 0 Å². The van der Waals surface area contributed by atoms with E-state index in [0.29, 0.717) is 12.3 Å². The number of piperidine rings is 1. The van der Waals surface area contributed by atoms with E-state index in [-0.39, 0.29) is 17.4 Å². The molecule has 27 heavy (non-hydrogen) atoms. The molecule has 1 aromatic rings. The zero-order chi connectivity index (χ0) is 19.4. The summed E-state index contributed by atoms with van der Waals surface area (Å²) in [5.74, 6) is 1.47. The van der Waals surface area contributed by atoms with Crippen molar-refractivity contribution in [3.05, 3.63) is 17.0 Å². The second-order valence-corrected chi connectivity index (χ2v) is 8.02. The number of ether oxygens (including phenoxy) is 1. The largest absolute Gasteiger partial charge is 0.375 e. The van der Waals surface area contributed by atoms with E-state index in [1.165, 1.54) is 0 Å². The maximum absolute atomic E-state index is 12.7. The van der Waals surface area contributed by atoms with Crippen LogP contribution in [0.25, 0.3) is 0 Å². The van der Waals surface area contributed by atoms with Crippen LogP contribution in [-0.2, 0) is 20.7 Å². The molecule has 2 saturated heterocycles. The number of aromatic nitrogens is 1. The number of nitrogens with zero attached hydrogens (tertiary/aromatic N) is 2. The Balaban J connectivity index is 1.50. The molecule has 2 aliphatic rings. The number of nitrogens with one attached hydrogen (secondary N) is 1. The van der Waals surface area contributed by atoms with Crippen molar-refractivity contribution in [2.45, 2.75) is 64.9 Å². The molecule has 2 aliphatic heterocycles. The van der Waals surface area contributed by atoms with Gasteiger partial charge in [0.2, 0.25) is 11.8 Å². The van der Waals surface area contributed by atoms with Crippen molar-refractivity contribution in [3.63, 3.8) is 0 Å². The number of aryl methyl sites for hydroxylation is 2. The highest BCUT2D eigenvalue weighted by Crippen LogP contribution is 2.38. The predicted octanol–water partition coefficient (Wildman–Crippen LogP) is 2.15. The summed E-state index contributed by atoms with van der Waals surface area (Å²) < 4.78 is 11.4. The summed E-state index contributed by atoms with van der Waals surface area (Å²) in [5, 5.41) is 6.83. The van der Waals surface area contributed by atoms with E-state index in [1.807, 2.05) is 18.7 Å². The van der Waals surface area contributed by atoms with Crippen LogP contribution in [0.1, 0.15) is 56.0 Å². The summed E-state index contributed by atoms with van der Waals surface area (Å²) in [6.45, 7) is 8.27. The second kappa shape index (κ2) is 8.42. The number of hydrogen-bond acceptors (Lipinski definition) is 5. The first-order valence-electron chi connectivity index (χ1n) is 9.96. The van der Waals surface area contributed by atoms with Crippen LogP contribution >= 0.6 is 0 Å². The summed E-state index contributed by atoms with van der Waals surface area (Å²) in [6.07, 6.45) is 5.20. The Morgan fingerprint density at radius 2 is 2.04 bits per heavy atom. The first-order chi connectivity index (χ1) is 12.9. The Hall–Kier alpha value is -1.89. The average molecular weight is 377 g/mol. The fraction of sp³-hybridized carbons (Fsp3) is 0.750. The number of carbonyl (C=O) groups is 2. The minimum atomic E-state index is -0.0983. The van der Waals surface area contributed by atoms with Crippen molar-refractivity contribution in [2.24, 2.45) is 5.92 Å². The summed E-state index contributed by atoms with van der Waals surface area (Å²) in [4.78, 5) is 25.7. The van der Waals surface area contributed by atoms with Gasteiger partial charge in [0.15, 0.2) is 0 Å². The van der Waals surface area contributed by atoms with Crippen LogP contribution in [0.2, 0.25) is 0 Å². The minimum Gasteiger partial charge on any atom is -0.375 e. The van der Waals surface area contributed by atoms with E-state index in [0.717, 1.165) is 75.4 Å². The Kier molecular flexibility index (Phi) is 6.19. The number of rotatable bonds is 5. The van der Waals surface area contributed by atoms with Gasteiger partial charge in [0.25, 0.3) is 0 Å². The molecule has 0 aliphatic carbocycles. The molecule has 1 unspecified atom stereocenters. The van der Waals surface area contributed by atoms with Crippen LogP contribution in [0, 0.1) is 19.8 Å². The molecule has 0 bridgehead atoms. The molecule has 2 amide bonds. The van der Waals surface area contributed by atoms with E-state index in [2.05, 4.69) is 10.5 Å². The minimum absolute atomic E-state index is 0.0295. The lowest BCUT2D eigenvalue weighted by atomic mass is 9.78. The first-order valence-corrected chi connectivity index (χ1v) is 9.96. The SMILES string of the molecule is CC(=O)NCCC1CCOC2(CCN(C(=O)Cc3c(C)noc3C)CC2)C1. The molecular weight excluding hydrogens is 346 g/mol. The van der Waals surface area contributed by atoms with Crippen LogP contribution in [0.15, 0.2) is 4.52 Å². The van der Waals surface area contributed by atoms with Crippen LogP contribution < -0.4 is 5.32 Å². The van der Waals surface area contributed by atoms with Crippen molar-refractivity contribution >= 4 is 11.8 Å². The average Bonchev–Trinajstić information content (AvgIpc) is 2.94. The molecule has 0 radical (unpaired) electrons. The molecule has 7 nitrogen and oxygen atoms in total. The van der Waals surface area contributed by atoms with Crippen molar-refractivity contribution in [1.82, 2.24) is 15.4 Å². The fourth-order valence-corrected chi connectivity index (χ4v) is 4.36. The van der Waals surface area contributed by atoms with Gasteiger partial charge < -0.3 is 19.5 Å². The third kappa shape index (κ3) is 4.89. The van der Waals surface area contributed by atoms with E-state index in [9.17, 15) is 9.59 Å². The van der Waals surface area contributed by atoms with Gasteiger partial charge in [-0.15, -0.1) is 0 Å². The first kappa shape index (κ1) is 19.9. The zero-order valence-corrected chi connectivity index (χ0v) is 16.7. The lowest BCUT2D eigenvalue weighted by Gasteiger charge is -2.46. The number of hydrogen-bond donors (Lipinski definition) is 1. The second-order valence-electron chi connectivity index (χ2n) is 8.02. The molecular formula is C20H31N3O4. The van der Waals surface area contributed by atoms with Gasteiger partial charge in [0, 0.05) is 38.7 Å². The molecule has 1 N–H and O–H groups in total. The Morgan fingerprint density at radius 1 is 1.30 bits per heavy atom. The molecule has 0 saturated carbocycles. The number of carbonyl (C=O) groups excluding carboxylic acids is 2. The van der Waals surface area contributed by atoms with Crippen LogP contribution in [0.3, 0.4) is 0 Å². The molecule has 2 fully saturated rings. The Bertz CT molecular complexity index is 657. The Labute approximate surface area is 160 Å². The number of amides is 2. The molecule has 3 heterocycles. The highest BCUT2D eigenvalue weighted by atomic mass is 16.5. The molecule has 7 heteroatoms. The normalized spacial score (nSPS) is 22.0. The van der Waals surface area contributed by atoms with Crippen molar-refractivity contribution in [1.29, 1.82) is 0 Å². The van der Waals surface area contributed by atoms with E-state index in [1.54, 1.807) is 6.92 Å². The quantitative estimate of drug-likeness (QED) is 0.850. The maximum Gasteiger partial charge on any atom is 0.227 e. The van der Waals surface area contributed by atoms with E-state index >= 15 is 0 Å². The maximum atomic E-state index is 12.7. The summed E-state index contributed by atoms with van der Waals surface area (Å²) in [5.41, 5.74) is 1.61. The summed E-state index contributed by atoms with van der Waals surface area (Å²) in [6, 6.07) is 0. The lowest BCUT2D eigenvalue weighted by Crippen LogP contribution is -2.51. The van der Waals surface area contributed by atoms with Gasteiger partial charge in [-0.3, -0.25) is 9.59 Å². The van der Waals surface area contributed by atoms with Gasteiger partial charge in [0.05, 0.1) is 17.7 Å². The van der Waals surface area contributed by atoms with Gasteiger partial charge in [0.1, 0.15) is 5.76 Å². The lowest BCUT2D eigenvalue weighted by molar-refractivity contribution is -0.146. The highest BCUT2D eigenvalue weighted by Gasteiger charge is 2.41. The highest BCUT2D eigenvalue weighted by molar-refractivity contribution is 5.79. The monoisotopic (exact) mass is 377 g/mol. The van der Waals surface area contributed by atoms with Crippen molar-refractivity contribution in [3.8, 4) is 0 Å². The molecule has 1 atom stereocenters. The summed E-state index contributed by atoms with van der Waals surface area (Å²) >= 11 is 0. The third-order valence-electron chi connectivity index (χ3n) is 6.06. The molecule has 150 valence electrons. The van der Waals surface area contributed by atoms with Gasteiger partial charge in [-0.1, -0.05) is 5.16 Å². The van der Waals surface area contributed by atoms with Crippen molar-refractivity contribution in [2.75, 3.05) is 26.2 Å². The topological polar surface area (TPSA) is 84.7 Å². The fourth-order valence-electron chi connectivity index (χ4n) is 4.36. The van der Waals surface area contributed by atoms with Crippen LogP contribution in [-0.4, -0.2) is 53.7 Å². The number of likely N-dealkylation sites (tertiary alicyclic amines) is 1. The van der Waals surface area contributed by atoms with Crippen LogP contribution in [0.5, 0.6) is 0 Å². The van der Waals surface area contributed by atoms with Gasteiger partial charge >= 0.3 is 0 Å². The zero-order valence-electron chi connectivity index (χ0n) is 16.7. The molecule has 1 spiro atoms. The van der Waals surface area contributed by atoms with Gasteiger partial charge in [-0.2, -0.15) is 0 Å². The third-order valence-corrected chi connectivity index (χ3v) is 6.06. The van der Waals surface area contributed by atoms with Crippen molar-refractivity contribution < 1.29 is 18.8 Å². The molecule has 1 aromatic heterocycles. The molecule has 0 aromatic carbocycles. The Morgan fingerprint density at radius 3 is 2.67 bits per heavy atom. The standard InChI is InChI=1S/C20H31N3O4/c1-14-18(15(2)27-22-14)12-19(25)23-9-6-20(7-10-23)13-17(5-11-26-20)4-8-21-16(3)24/h17H,4-13H2,1-3H3,(H,21,24). The van der Waals surface area contributed by atoms with Gasteiger partial charge in [-0.05, 0) is 51.9 Å². The summed E-state index contributed by atoms with van der Waals surface area (Å²) in [7, 11) is 0.